The molecule has 0 bridgehead atoms. The molecule has 4 nitrogen and oxygen atoms in total. The monoisotopic (exact) mass is 237 g/mol. The van der Waals surface area contributed by atoms with Gasteiger partial charge in [-0.1, -0.05) is 19.0 Å². The molecular weight excluding hydrogens is 214 g/mol. The van der Waals surface area contributed by atoms with Crippen molar-refractivity contribution in [2.24, 2.45) is 17.6 Å². The Bertz CT molecular complexity index is 340. The molecule has 0 aliphatic heterocycles. The van der Waals surface area contributed by atoms with Crippen LogP contribution in [0, 0.1) is 11.8 Å². The van der Waals surface area contributed by atoms with Crippen LogP contribution in [0.15, 0.2) is 4.52 Å². The first kappa shape index (κ1) is 12.6. The maximum atomic E-state index is 5.47. The Labute approximate surface area is 103 Å². The Morgan fingerprint density at radius 2 is 2.00 bits per heavy atom. The summed E-state index contributed by atoms with van der Waals surface area (Å²) in [6.45, 7) is 5.21. The fourth-order valence-corrected chi connectivity index (χ4v) is 2.70. The minimum Gasteiger partial charge on any atom is -0.339 e. The molecule has 0 spiro atoms. The molecule has 0 atom stereocenters. The highest BCUT2D eigenvalue weighted by Crippen LogP contribution is 2.37. The predicted octanol–water partition coefficient (Wildman–Crippen LogP) is 2.50. The molecule has 0 amide bonds. The minimum absolute atomic E-state index is 0.500. The Balaban J connectivity index is 1.91. The summed E-state index contributed by atoms with van der Waals surface area (Å²) in [5.74, 6) is 3.76. The lowest BCUT2D eigenvalue weighted by Gasteiger charge is -2.29. The zero-order chi connectivity index (χ0) is 12.3. The molecule has 4 heteroatoms. The van der Waals surface area contributed by atoms with E-state index >= 15 is 0 Å². The highest BCUT2D eigenvalue weighted by Gasteiger charge is 2.27. The lowest BCUT2D eigenvalue weighted by molar-refractivity contribution is 0.251. The summed E-state index contributed by atoms with van der Waals surface area (Å²) < 4.78 is 5.19. The highest BCUT2D eigenvalue weighted by atomic mass is 16.5. The molecule has 2 N–H and O–H groups in total. The number of rotatable bonds is 4. The first-order chi connectivity index (χ1) is 8.20. The molecule has 0 aromatic carbocycles. The Kier molecular flexibility index (Phi) is 4.15. The summed E-state index contributed by atoms with van der Waals surface area (Å²) in [6, 6.07) is 0. The molecule has 17 heavy (non-hydrogen) atoms. The van der Waals surface area contributed by atoms with Crippen LogP contribution in [0.25, 0.3) is 0 Å². The van der Waals surface area contributed by atoms with Crippen molar-refractivity contribution in [2.45, 2.75) is 51.9 Å². The van der Waals surface area contributed by atoms with E-state index < -0.39 is 0 Å². The number of hydrogen-bond donors (Lipinski definition) is 1. The molecule has 2 rings (SSSR count). The zero-order valence-electron chi connectivity index (χ0n) is 10.9. The van der Waals surface area contributed by atoms with Crippen molar-refractivity contribution in [3.05, 3.63) is 11.7 Å². The third-order valence-electron chi connectivity index (χ3n) is 3.92. The van der Waals surface area contributed by atoms with E-state index in [-0.39, 0.29) is 0 Å². The van der Waals surface area contributed by atoms with Gasteiger partial charge in [0.05, 0.1) is 0 Å². The summed E-state index contributed by atoms with van der Waals surface area (Å²) in [6.07, 6.45) is 5.68. The van der Waals surface area contributed by atoms with E-state index in [0.717, 1.165) is 17.7 Å². The van der Waals surface area contributed by atoms with Crippen LogP contribution >= 0.6 is 0 Å². The van der Waals surface area contributed by atoms with Gasteiger partial charge < -0.3 is 10.3 Å². The van der Waals surface area contributed by atoms with Crippen LogP contribution in [-0.2, 0) is 6.42 Å². The maximum Gasteiger partial charge on any atom is 0.227 e. The molecule has 96 valence electrons. The number of hydrogen-bond acceptors (Lipinski definition) is 4. The fourth-order valence-electron chi connectivity index (χ4n) is 2.70. The van der Waals surface area contributed by atoms with Gasteiger partial charge in [-0.2, -0.15) is 4.98 Å². The molecule has 1 fully saturated rings. The molecule has 0 unspecified atom stereocenters. The first-order valence-corrected chi connectivity index (χ1v) is 6.73. The summed E-state index contributed by atoms with van der Waals surface area (Å²) in [7, 11) is 0. The van der Waals surface area contributed by atoms with E-state index in [1.807, 2.05) is 0 Å². The van der Waals surface area contributed by atoms with Gasteiger partial charge in [0, 0.05) is 18.9 Å². The Hall–Kier alpha value is -0.900. The lowest BCUT2D eigenvalue weighted by Crippen LogP contribution is -2.18. The molecule has 1 saturated carbocycles. The van der Waals surface area contributed by atoms with E-state index in [1.54, 1.807) is 0 Å². The van der Waals surface area contributed by atoms with Gasteiger partial charge in [-0.3, -0.25) is 0 Å². The van der Waals surface area contributed by atoms with Gasteiger partial charge in [0.1, 0.15) is 0 Å². The van der Waals surface area contributed by atoms with Crippen LogP contribution in [0.5, 0.6) is 0 Å². The molecular formula is C13H23N3O. The van der Waals surface area contributed by atoms with Gasteiger partial charge in [-0.05, 0) is 37.5 Å². The van der Waals surface area contributed by atoms with E-state index in [2.05, 4.69) is 24.0 Å². The molecule has 1 aromatic heterocycles. The largest absolute Gasteiger partial charge is 0.339 e. The minimum atomic E-state index is 0.500. The normalized spacial score (nSPS) is 25.4. The van der Waals surface area contributed by atoms with E-state index in [4.69, 9.17) is 10.3 Å². The van der Waals surface area contributed by atoms with Gasteiger partial charge in [-0.15, -0.1) is 0 Å². The van der Waals surface area contributed by atoms with Crippen molar-refractivity contribution in [3.63, 3.8) is 0 Å². The zero-order valence-corrected chi connectivity index (χ0v) is 10.9. The average molecular weight is 237 g/mol. The topological polar surface area (TPSA) is 64.9 Å². The second-order valence-electron chi connectivity index (χ2n) is 5.44. The van der Waals surface area contributed by atoms with Crippen LogP contribution < -0.4 is 5.73 Å². The maximum absolute atomic E-state index is 5.47. The van der Waals surface area contributed by atoms with Crippen molar-refractivity contribution in [1.29, 1.82) is 0 Å². The molecule has 1 aliphatic rings. The predicted molar refractivity (Wildman–Crippen MR) is 66.6 cm³/mol. The standard InChI is InChI=1S/C13H23N3O/c1-9(2)10-3-5-11(6-4-10)13-15-12(7-8-14)17-16-13/h9-11H,3-8,14H2,1-2H3. The lowest BCUT2D eigenvalue weighted by atomic mass is 9.77. The Morgan fingerprint density at radius 1 is 1.29 bits per heavy atom. The summed E-state index contributed by atoms with van der Waals surface area (Å²) in [5.41, 5.74) is 5.47. The third kappa shape index (κ3) is 3.06. The van der Waals surface area contributed by atoms with Crippen molar-refractivity contribution in [2.75, 3.05) is 6.54 Å². The Morgan fingerprint density at radius 3 is 2.59 bits per heavy atom. The quantitative estimate of drug-likeness (QED) is 0.873. The van der Waals surface area contributed by atoms with Crippen molar-refractivity contribution >= 4 is 0 Å². The highest BCUT2D eigenvalue weighted by molar-refractivity contribution is 4.98. The van der Waals surface area contributed by atoms with Crippen LogP contribution in [-0.4, -0.2) is 16.7 Å². The number of aromatic nitrogens is 2. The van der Waals surface area contributed by atoms with Crippen LogP contribution in [0.1, 0.15) is 57.2 Å². The van der Waals surface area contributed by atoms with Crippen molar-refractivity contribution in [1.82, 2.24) is 10.1 Å². The number of nitrogens with zero attached hydrogens (tertiary/aromatic N) is 2. The molecule has 1 heterocycles. The van der Waals surface area contributed by atoms with E-state index in [1.165, 1.54) is 25.7 Å². The fraction of sp³-hybridized carbons (Fsp3) is 0.846. The van der Waals surface area contributed by atoms with E-state index in [9.17, 15) is 0 Å². The second kappa shape index (κ2) is 5.63. The SMILES string of the molecule is CC(C)C1CCC(c2noc(CCN)n2)CC1. The number of nitrogens with two attached hydrogens (primary N) is 1. The molecule has 0 radical (unpaired) electrons. The molecule has 1 aromatic rings. The van der Waals surface area contributed by atoms with E-state index in [0.29, 0.717) is 24.8 Å². The van der Waals surface area contributed by atoms with Crippen molar-refractivity contribution in [3.8, 4) is 0 Å². The summed E-state index contributed by atoms with van der Waals surface area (Å²) in [4.78, 5) is 4.44. The van der Waals surface area contributed by atoms with Gasteiger partial charge >= 0.3 is 0 Å². The summed E-state index contributed by atoms with van der Waals surface area (Å²) >= 11 is 0. The first-order valence-electron chi connectivity index (χ1n) is 6.73. The smallest absolute Gasteiger partial charge is 0.227 e. The second-order valence-corrected chi connectivity index (χ2v) is 5.44. The van der Waals surface area contributed by atoms with Gasteiger partial charge in [0.25, 0.3) is 0 Å². The molecule has 0 saturated heterocycles. The van der Waals surface area contributed by atoms with Crippen molar-refractivity contribution < 1.29 is 4.52 Å². The van der Waals surface area contributed by atoms with Crippen LogP contribution in [0.4, 0.5) is 0 Å². The summed E-state index contributed by atoms with van der Waals surface area (Å²) in [5, 5.41) is 4.09. The van der Waals surface area contributed by atoms with Gasteiger partial charge in [0.15, 0.2) is 5.82 Å². The van der Waals surface area contributed by atoms with Gasteiger partial charge in [-0.25, -0.2) is 0 Å². The van der Waals surface area contributed by atoms with Crippen LogP contribution in [0.3, 0.4) is 0 Å². The third-order valence-corrected chi connectivity index (χ3v) is 3.92. The van der Waals surface area contributed by atoms with Crippen LogP contribution in [0.2, 0.25) is 0 Å². The van der Waals surface area contributed by atoms with Gasteiger partial charge in [0.2, 0.25) is 5.89 Å². The molecule has 1 aliphatic carbocycles. The average Bonchev–Trinajstić information content (AvgIpc) is 2.78.